The quantitative estimate of drug-likeness (QED) is 0.405. The Kier molecular flexibility index (Phi) is 6.79. The van der Waals surface area contributed by atoms with Crippen LogP contribution in [0.15, 0.2) is 64.9 Å². The lowest BCUT2D eigenvalue weighted by molar-refractivity contribution is 0.386. The molecule has 1 aromatic heterocycles. The number of H-pyrrole nitrogens is 1. The topological polar surface area (TPSA) is 75.4 Å². The van der Waals surface area contributed by atoms with Crippen molar-refractivity contribution in [3.63, 3.8) is 0 Å². The molecule has 4 rings (SSSR count). The van der Waals surface area contributed by atoms with E-state index in [1.807, 2.05) is 19.9 Å². The van der Waals surface area contributed by atoms with Crippen molar-refractivity contribution < 1.29 is 13.5 Å². The molecule has 5 nitrogen and oxygen atoms in total. The summed E-state index contributed by atoms with van der Waals surface area (Å²) in [5.74, 6) is -0.0444. The molecule has 0 saturated heterocycles. The van der Waals surface area contributed by atoms with E-state index in [-0.39, 0.29) is 11.6 Å². The summed E-state index contributed by atoms with van der Waals surface area (Å²) >= 11 is 1.41. The number of nitrogens with zero attached hydrogens (tertiary/aromatic N) is 1. The van der Waals surface area contributed by atoms with Crippen molar-refractivity contribution in [2.45, 2.75) is 20.3 Å². The molecule has 176 valence electrons. The number of aliphatic imine (C=N–C) groups is 1. The van der Waals surface area contributed by atoms with Crippen molar-refractivity contribution in [3.8, 4) is 5.75 Å². The number of rotatable bonds is 7. The highest BCUT2D eigenvalue weighted by atomic mass is 32.2. The molecular formula is C26H26F2N4OS. The van der Waals surface area contributed by atoms with Crippen molar-refractivity contribution in [1.82, 2.24) is 10.3 Å². The van der Waals surface area contributed by atoms with Crippen LogP contribution in [0.25, 0.3) is 15.8 Å². The van der Waals surface area contributed by atoms with Gasteiger partial charge in [-0.3, -0.25) is 4.99 Å². The predicted octanol–water partition coefficient (Wildman–Crippen LogP) is 5.70. The average molecular weight is 481 g/mol. The van der Waals surface area contributed by atoms with Crippen molar-refractivity contribution in [1.29, 1.82) is 0 Å². The summed E-state index contributed by atoms with van der Waals surface area (Å²) < 4.78 is 33.5. The first-order valence-corrected chi connectivity index (χ1v) is 11.6. The number of nitrogens with one attached hydrogen (secondary N) is 2. The van der Waals surface area contributed by atoms with Crippen LogP contribution >= 0.6 is 11.8 Å². The van der Waals surface area contributed by atoms with Gasteiger partial charge in [-0.15, -0.1) is 0 Å². The Bertz CT molecular complexity index is 1370. The summed E-state index contributed by atoms with van der Waals surface area (Å²) in [5.41, 5.74) is 11.3. The summed E-state index contributed by atoms with van der Waals surface area (Å²) in [4.78, 5) is 9.05. The third kappa shape index (κ3) is 4.46. The molecule has 0 spiro atoms. The van der Waals surface area contributed by atoms with Gasteiger partial charge >= 0.3 is 0 Å². The van der Waals surface area contributed by atoms with Gasteiger partial charge in [0.05, 0.1) is 23.2 Å². The number of hydrogen-bond donors (Lipinski definition) is 3. The Morgan fingerprint density at radius 3 is 2.74 bits per heavy atom. The molecule has 2 heterocycles. The number of methoxy groups -OCH3 is 1. The van der Waals surface area contributed by atoms with Crippen molar-refractivity contribution in [3.05, 3.63) is 93.9 Å². The summed E-state index contributed by atoms with van der Waals surface area (Å²) in [7, 11) is 1.43. The van der Waals surface area contributed by atoms with Crippen LogP contribution in [-0.4, -0.2) is 24.4 Å². The molecule has 0 aliphatic carbocycles. The fraction of sp³-hybridized carbons (Fsp3) is 0.192. The van der Waals surface area contributed by atoms with Crippen molar-refractivity contribution in [2.75, 3.05) is 13.7 Å². The summed E-state index contributed by atoms with van der Waals surface area (Å²) in [6.45, 7) is 8.15. The molecule has 8 heteroatoms. The second-order valence-corrected chi connectivity index (χ2v) is 8.97. The highest BCUT2D eigenvalue weighted by molar-refractivity contribution is 8.13. The maximum Gasteiger partial charge on any atom is 0.165 e. The summed E-state index contributed by atoms with van der Waals surface area (Å²) in [6, 6.07) is 8.08. The Hall–Kier alpha value is -3.52. The second kappa shape index (κ2) is 9.77. The SMILES string of the molecule is C=C/N=C1/C=C(c2ccc(OC)c(F)c2)S/C1=C(/N)NCCc1c(C)[nH]c2c(F)ccc(C)c12. The molecule has 1 aliphatic rings. The Balaban J connectivity index is 1.54. The first kappa shape index (κ1) is 23.6. The number of hydrogen-bond acceptors (Lipinski definition) is 5. The van der Waals surface area contributed by atoms with Crippen LogP contribution in [0.3, 0.4) is 0 Å². The van der Waals surface area contributed by atoms with Crippen molar-refractivity contribution in [2.24, 2.45) is 10.7 Å². The van der Waals surface area contributed by atoms with Gasteiger partial charge < -0.3 is 20.8 Å². The highest BCUT2D eigenvalue weighted by Crippen LogP contribution is 2.42. The van der Waals surface area contributed by atoms with E-state index in [1.54, 1.807) is 18.2 Å². The lowest BCUT2D eigenvalue weighted by Gasteiger charge is -2.11. The monoisotopic (exact) mass is 480 g/mol. The summed E-state index contributed by atoms with van der Waals surface area (Å²) in [6.07, 6.45) is 3.96. The van der Waals surface area contributed by atoms with E-state index in [2.05, 4.69) is 21.9 Å². The number of halogens is 2. The van der Waals surface area contributed by atoms with Gasteiger partial charge in [0.2, 0.25) is 0 Å². The molecule has 0 bridgehead atoms. The normalized spacial score (nSPS) is 16.1. The number of nitrogens with two attached hydrogens (primary N) is 1. The Morgan fingerprint density at radius 2 is 2.03 bits per heavy atom. The maximum atomic E-state index is 14.2. The minimum Gasteiger partial charge on any atom is -0.494 e. The largest absolute Gasteiger partial charge is 0.494 e. The predicted molar refractivity (Wildman–Crippen MR) is 137 cm³/mol. The smallest absolute Gasteiger partial charge is 0.165 e. The molecular weight excluding hydrogens is 454 g/mol. The zero-order chi connectivity index (χ0) is 24.4. The van der Waals surface area contributed by atoms with E-state index in [0.717, 1.165) is 32.0 Å². The summed E-state index contributed by atoms with van der Waals surface area (Å²) in [5, 5.41) is 4.18. The maximum absolute atomic E-state index is 14.2. The molecule has 34 heavy (non-hydrogen) atoms. The van der Waals surface area contributed by atoms with E-state index in [1.165, 1.54) is 37.2 Å². The van der Waals surface area contributed by atoms with Crippen LogP contribution < -0.4 is 15.8 Å². The van der Waals surface area contributed by atoms with Crippen LogP contribution in [0.1, 0.15) is 22.4 Å². The number of allylic oxidation sites excluding steroid dienone is 2. The molecule has 0 unspecified atom stereocenters. The van der Waals surface area contributed by atoms with Gasteiger partial charge in [0, 0.05) is 28.7 Å². The van der Waals surface area contributed by atoms with E-state index in [0.29, 0.717) is 35.6 Å². The van der Waals surface area contributed by atoms with Gasteiger partial charge in [-0.2, -0.15) is 0 Å². The molecule has 0 atom stereocenters. The number of aryl methyl sites for hydroxylation is 2. The molecule has 2 aromatic carbocycles. The van der Waals surface area contributed by atoms with Gasteiger partial charge in [0.25, 0.3) is 0 Å². The minimum atomic E-state index is -0.437. The molecule has 0 fully saturated rings. The lowest BCUT2D eigenvalue weighted by atomic mass is 10.0. The van der Waals surface area contributed by atoms with E-state index in [9.17, 15) is 8.78 Å². The number of aromatic nitrogens is 1. The number of fused-ring (bicyclic) bond motifs is 1. The average Bonchev–Trinajstić information content (AvgIpc) is 3.38. The van der Waals surface area contributed by atoms with Crippen molar-refractivity contribution >= 4 is 33.3 Å². The van der Waals surface area contributed by atoms with Gasteiger partial charge in [-0.05, 0) is 67.3 Å². The fourth-order valence-corrected chi connectivity index (χ4v) is 5.12. The number of ether oxygens (including phenoxy) is 1. The third-order valence-electron chi connectivity index (χ3n) is 5.74. The van der Waals surface area contributed by atoms with Crippen LogP contribution in [0.5, 0.6) is 5.75 Å². The molecule has 1 aliphatic heterocycles. The van der Waals surface area contributed by atoms with Crippen LogP contribution in [0.4, 0.5) is 8.78 Å². The zero-order valence-corrected chi connectivity index (χ0v) is 20.1. The van der Waals surface area contributed by atoms with Gasteiger partial charge in [0.15, 0.2) is 11.6 Å². The molecule has 3 aromatic rings. The zero-order valence-electron chi connectivity index (χ0n) is 19.3. The lowest BCUT2D eigenvalue weighted by Crippen LogP contribution is -2.25. The molecule has 0 amide bonds. The van der Waals surface area contributed by atoms with E-state index < -0.39 is 5.82 Å². The van der Waals surface area contributed by atoms with Crippen LogP contribution in [0, 0.1) is 25.5 Å². The van der Waals surface area contributed by atoms with Gasteiger partial charge in [-0.25, -0.2) is 8.78 Å². The third-order valence-corrected chi connectivity index (χ3v) is 6.95. The standard InChI is InChI=1S/C26H26F2N4OS/c1-5-30-20-13-22(16-7-9-21(33-4)19(28)12-16)34-25(20)26(29)31-11-10-17-15(3)32-24-18(27)8-6-14(2)23(17)24/h5-9,12-13,31-32H,1,10-11,29H2,2-4H3/b26-25-,30-20-. The first-order valence-electron chi connectivity index (χ1n) is 10.8. The highest BCUT2D eigenvalue weighted by Gasteiger charge is 2.23. The second-order valence-electron chi connectivity index (χ2n) is 7.92. The number of aromatic amines is 1. The fourth-order valence-electron chi connectivity index (χ4n) is 4.09. The van der Waals surface area contributed by atoms with E-state index in [4.69, 9.17) is 10.5 Å². The van der Waals surface area contributed by atoms with E-state index >= 15 is 0 Å². The Labute approximate surface area is 201 Å². The van der Waals surface area contributed by atoms with Gasteiger partial charge in [-0.1, -0.05) is 24.4 Å². The van der Waals surface area contributed by atoms with Crippen LogP contribution in [0.2, 0.25) is 0 Å². The number of thioether (sulfide) groups is 1. The molecule has 0 saturated carbocycles. The first-order chi connectivity index (χ1) is 16.3. The Morgan fingerprint density at radius 1 is 1.24 bits per heavy atom. The number of benzene rings is 2. The van der Waals surface area contributed by atoms with Gasteiger partial charge in [0.1, 0.15) is 11.6 Å². The minimum absolute atomic E-state index is 0.187. The molecule has 4 N–H and O–H groups in total. The van der Waals surface area contributed by atoms with Crippen LogP contribution in [-0.2, 0) is 6.42 Å². The molecule has 0 radical (unpaired) electrons.